The fourth-order valence-electron chi connectivity index (χ4n) is 2.32. The lowest BCUT2D eigenvalue weighted by molar-refractivity contribution is -0.143. The van der Waals surface area contributed by atoms with Gasteiger partial charge < -0.3 is 9.84 Å². The quantitative estimate of drug-likeness (QED) is 0.907. The first kappa shape index (κ1) is 13.2. The van der Waals surface area contributed by atoms with Gasteiger partial charge in [-0.25, -0.2) is 0 Å². The van der Waals surface area contributed by atoms with Crippen LogP contribution in [0, 0.1) is 11.8 Å². The topological polar surface area (TPSA) is 46.5 Å². The molecule has 1 aliphatic rings. The Kier molecular flexibility index (Phi) is 4.48. The molecule has 3 nitrogen and oxygen atoms in total. The van der Waals surface area contributed by atoms with Crippen molar-refractivity contribution < 1.29 is 14.6 Å². The molecule has 1 saturated carbocycles. The second-order valence-corrected chi connectivity index (χ2v) is 5.26. The molecule has 1 fully saturated rings. The van der Waals surface area contributed by atoms with Crippen LogP contribution in [0.15, 0.2) is 24.3 Å². The molecule has 4 heteroatoms. The van der Waals surface area contributed by atoms with Crippen molar-refractivity contribution in [3.63, 3.8) is 0 Å². The van der Waals surface area contributed by atoms with Crippen LogP contribution >= 0.6 is 11.6 Å². The Morgan fingerprint density at radius 3 is 2.39 bits per heavy atom. The number of aliphatic carboxylic acids is 1. The lowest BCUT2D eigenvalue weighted by atomic mass is 9.82. The van der Waals surface area contributed by atoms with E-state index in [2.05, 4.69) is 0 Å². The molecule has 1 aromatic carbocycles. The summed E-state index contributed by atoms with van der Waals surface area (Å²) in [6, 6.07) is 7.31. The molecule has 1 aliphatic carbocycles. The molecule has 1 aromatic rings. The number of carbonyl (C=O) groups is 1. The Bertz CT molecular complexity index is 394. The Hall–Kier alpha value is -1.22. The first-order chi connectivity index (χ1) is 8.65. The lowest BCUT2D eigenvalue weighted by Gasteiger charge is -2.25. The molecule has 0 radical (unpaired) electrons. The van der Waals surface area contributed by atoms with Gasteiger partial charge in [-0.2, -0.15) is 0 Å². The fourth-order valence-corrected chi connectivity index (χ4v) is 2.45. The lowest BCUT2D eigenvalue weighted by Crippen LogP contribution is -2.24. The van der Waals surface area contributed by atoms with E-state index in [9.17, 15) is 4.79 Å². The summed E-state index contributed by atoms with van der Waals surface area (Å²) < 4.78 is 5.69. The van der Waals surface area contributed by atoms with E-state index in [1.54, 1.807) is 12.1 Å². The Labute approximate surface area is 112 Å². The molecule has 18 heavy (non-hydrogen) atoms. The van der Waals surface area contributed by atoms with Gasteiger partial charge >= 0.3 is 5.97 Å². The van der Waals surface area contributed by atoms with Crippen LogP contribution in [-0.2, 0) is 4.79 Å². The maximum atomic E-state index is 10.8. The monoisotopic (exact) mass is 268 g/mol. The predicted molar refractivity (Wildman–Crippen MR) is 70.0 cm³/mol. The Balaban J connectivity index is 1.75. The summed E-state index contributed by atoms with van der Waals surface area (Å²) in [6.45, 7) is 0.661. The number of ether oxygens (including phenoxy) is 1. The number of carboxylic acids is 1. The molecule has 0 amide bonds. The second kappa shape index (κ2) is 6.10. The summed E-state index contributed by atoms with van der Waals surface area (Å²) in [7, 11) is 0. The van der Waals surface area contributed by atoms with Gasteiger partial charge in [-0.1, -0.05) is 11.6 Å². The van der Waals surface area contributed by atoms with Gasteiger partial charge in [0.15, 0.2) is 0 Å². The molecule has 1 N–H and O–H groups in total. The number of halogens is 1. The van der Waals surface area contributed by atoms with Gasteiger partial charge in [0.25, 0.3) is 0 Å². The van der Waals surface area contributed by atoms with Gasteiger partial charge in [0.05, 0.1) is 12.5 Å². The largest absolute Gasteiger partial charge is 0.493 e. The normalized spacial score (nSPS) is 23.6. The van der Waals surface area contributed by atoms with E-state index < -0.39 is 5.97 Å². The Morgan fingerprint density at radius 2 is 1.83 bits per heavy atom. The zero-order chi connectivity index (χ0) is 13.0. The van der Waals surface area contributed by atoms with Crippen molar-refractivity contribution in [2.45, 2.75) is 25.7 Å². The van der Waals surface area contributed by atoms with E-state index in [-0.39, 0.29) is 5.92 Å². The minimum atomic E-state index is -0.660. The minimum absolute atomic E-state index is 0.156. The van der Waals surface area contributed by atoms with Crippen LogP contribution < -0.4 is 4.74 Å². The average molecular weight is 269 g/mol. The number of hydrogen-bond donors (Lipinski definition) is 1. The fraction of sp³-hybridized carbons (Fsp3) is 0.500. The number of hydrogen-bond acceptors (Lipinski definition) is 2. The standard InChI is InChI=1S/C14H17ClO3/c15-12-5-7-13(8-6-12)18-9-10-1-3-11(4-2-10)14(16)17/h5-8,10-11H,1-4,9H2,(H,16,17). The molecule has 0 bridgehead atoms. The highest BCUT2D eigenvalue weighted by Gasteiger charge is 2.26. The molecule has 0 heterocycles. The van der Waals surface area contributed by atoms with Crippen LogP contribution in [-0.4, -0.2) is 17.7 Å². The molecule has 0 unspecified atom stereocenters. The van der Waals surface area contributed by atoms with E-state index in [0.29, 0.717) is 17.5 Å². The highest BCUT2D eigenvalue weighted by Crippen LogP contribution is 2.29. The molecule has 0 aromatic heterocycles. The van der Waals surface area contributed by atoms with Crippen LogP contribution in [0.4, 0.5) is 0 Å². The summed E-state index contributed by atoms with van der Waals surface area (Å²) in [4.78, 5) is 10.8. The van der Waals surface area contributed by atoms with Crippen molar-refractivity contribution in [1.82, 2.24) is 0 Å². The third-order valence-corrected chi connectivity index (χ3v) is 3.75. The predicted octanol–water partition coefficient (Wildman–Crippen LogP) is 3.61. The first-order valence-electron chi connectivity index (χ1n) is 6.26. The second-order valence-electron chi connectivity index (χ2n) is 4.82. The number of benzene rings is 1. The summed E-state index contributed by atoms with van der Waals surface area (Å²) >= 11 is 5.80. The minimum Gasteiger partial charge on any atom is -0.493 e. The van der Waals surface area contributed by atoms with E-state index in [4.69, 9.17) is 21.4 Å². The van der Waals surface area contributed by atoms with Crippen molar-refractivity contribution in [2.24, 2.45) is 11.8 Å². The highest BCUT2D eigenvalue weighted by molar-refractivity contribution is 6.30. The van der Waals surface area contributed by atoms with E-state index in [1.807, 2.05) is 12.1 Å². The van der Waals surface area contributed by atoms with E-state index in [1.165, 1.54) is 0 Å². The van der Waals surface area contributed by atoms with Crippen LogP contribution in [0.3, 0.4) is 0 Å². The average Bonchev–Trinajstić information content (AvgIpc) is 2.38. The number of rotatable bonds is 4. The van der Waals surface area contributed by atoms with Crippen molar-refractivity contribution in [3.05, 3.63) is 29.3 Å². The van der Waals surface area contributed by atoms with Crippen molar-refractivity contribution >= 4 is 17.6 Å². The first-order valence-corrected chi connectivity index (χ1v) is 6.64. The highest BCUT2D eigenvalue weighted by atomic mass is 35.5. The van der Waals surface area contributed by atoms with Gasteiger partial charge in [0.1, 0.15) is 5.75 Å². The zero-order valence-corrected chi connectivity index (χ0v) is 10.9. The van der Waals surface area contributed by atoms with Gasteiger partial charge in [0.2, 0.25) is 0 Å². The molecule has 0 spiro atoms. The maximum Gasteiger partial charge on any atom is 0.306 e. The maximum absolute atomic E-state index is 10.8. The third kappa shape index (κ3) is 3.64. The third-order valence-electron chi connectivity index (χ3n) is 3.50. The molecule has 0 atom stereocenters. The molecule has 98 valence electrons. The van der Waals surface area contributed by atoms with Crippen LogP contribution in [0.1, 0.15) is 25.7 Å². The molecule has 0 saturated heterocycles. The Morgan fingerprint density at radius 1 is 1.22 bits per heavy atom. The van der Waals surface area contributed by atoms with Crippen molar-refractivity contribution in [1.29, 1.82) is 0 Å². The summed E-state index contributed by atoms with van der Waals surface area (Å²) in [5.41, 5.74) is 0. The van der Waals surface area contributed by atoms with Crippen LogP contribution in [0.25, 0.3) is 0 Å². The van der Waals surface area contributed by atoms with Crippen LogP contribution in [0.5, 0.6) is 5.75 Å². The van der Waals surface area contributed by atoms with Crippen molar-refractivity contribution in [2.75, 3.05) is 6.61 Å². The van der Waals surface area contributed by atoms with Crippen LogP contribution in [0.2, 0.25) is 5.02 Å². The van der Waals surface area contributed by atoms with Gasteiger partial charge in [-0.3, -0.25) is 4.79 Å². The summed E-state index contributed by atoms with van der Waals surface area (Å²) in [6.07, 6.45) is 3.41. The van der Waals surface area contributed by atoms with Gasteiger partial charge in [-0.05, 0) is 55.9 Å². The van der Waals surface area contributed by atoms with E-state index >= 15 is 0 Å². The molecular formula is C14H17ClO3. The molecule has 0 aliphatic heterocycles. The SMILES string of the molecule is O=C(O)C1CCC(COc2ccc(Cl)cc2)CC1. The van der Waals surface area contributed by atoms with Gasteiger partial charge in [-0.15, -0.1) is 0 Å². The summed E-state index contributed by atoms with van der Waals surface area (Å²) in [5.74, 6) is 0.472. The van der Waals surface area contributed by atoms with Gasteiger partial charge in [0, 0.05) is 5.02 Å². The smallest absolute Gasteiger partial charge is 0.306 e. The van der Waals surface area contributed by atoms with Crippen molar-refractivity contribution in [3.8, 4) is 5.75 Å². The molecular weight excluding hydrogens is 252 g/mol. The zero-order valence-electron chi connectivity index (χ0n) is 10.1. The molecule has 2 rings (SSSR count). The van der Waals surface area contributed by atoms with E-state index in [0.717, 1.165) is 31.4 Å². The number of carboxylic acid groups (broad SMARTS) is 1. The summed E-state index contributed by atoms with van der Waals surface area (Å²) in [5, 5.41) is 9.61.